The minimum Gasteiger partial charge on any atom is -0.465 e. The highest BCUT2D eigenvalue weighted by molar-refractivity contribution is 5.69. The number of esters is 1. The second-order valence-corrected chi connectivity index (χ2v) is 5.87. The monoisotopic (exact) mass is 253 g/mol. The van der Waals surface area contributed by atoms with Gasteiger partial charge in [0.25, 0.3) is 0 Å². The molecule has 1 saturated carbocycles. The van der Waals surface area contributed by atoms with E-state index in [1.807, 2.05) is 0 Å². The van der Waals surface area contributed by atoms with Crippen molar-refractivity contribution < 1.29 is 9.53 Å². The zero-order chi connectivity index (χ0) is 12.6. The largest absolute Gasteiger partial charge is 0.465 e. The summed E-state index contributed by atoms with van der Waals surface area (Å²) in [5.74, 6) is 0.642. The van der Waals surface area contributed by atoms with Gasteiger partial charge in [-0.1, -0.05) is 25.7 Å². The van der Waals surface area contributed by atoms with Crippen LogP contribution in [-0.2, 0) is 9.53 Å². The lowest BCUT2D eigenvalue weighted by Crippen LogP contribution is -2.34. The second kappa shape index (κ2) is 7.78. The summed E-state index contributed by atoms with van der Waals surface area (Å²) in [6, 6.07) is 0.543. The van der Waals surface area contributed by atoms with Crippen LogP contribution in [0.3, 0.4) is 0 Å². The van der Waals surface area contributed by atoms with Crippen LogP contribution in [0.1, 0.15) is 64.2 Å². The molecule has 3 nitrogen and oxygen atoms in total. The average Bonchev–Trinajstić information content (AvgIpc) is 2.45. The van der Waals surface area contributed by atoms with E-state index in [0.29, 0.717) is 25.0 Å². The van der Waals surface area contributed by atoms with E-state index in [0.717, 1.165) is 13.0 Å². The Labute approximate surface area is 111 Å². The molecule has 0 bridgehead atoms. The second-order valence-electron chi connectivity index (χ2n) is 5.87. The topological polar surface area (TPSA) is 38.3 Å². The van der Waals surface area contributed by atoms with Gasteiger partial charge in [0.2, 0.25) is 0 Å². The fraction of sp³-hybridized carbons (Fsp3) is 0.933. The van der Waals surface area contributed by atoms with E-state index >= 15 is 0 Å². The Morgan fingerprint density at radius 3 is 2.56 bits per heavy atom. The minimum atomic E-state index is 0.00736. The molecule has 2 rings (SSSR count). The molecule has 1 aliphatic carbocycles. The Bertz CT molecular complexity index is 219. The summed E-state index contributed by atoms with van der Waals surface area (Å²) >= 11 is 0. The molecule has 1 atom stereocenters. The number of rotatable bonds is 5. The average molecular weight is 253 g/mol. The van der Waals surface area contributed by atoms with Gasteiger partial charge >= 0.3 is 5.97 Å². The van der Waals surface area contributed by atoms with Crippen LogP contribution in [0.15, 0.2) is 0 Å². The van der Waals surface area contributed by atoms with E-state index in [9.17, 15) is 4.79 Å². The van der Waals surface area contributed by atoms with Crippen LogP contribution in [0.5, 0.6) is 0 Å². The maximum Gasteiger partial charge on any atom is 0.305 e. The molecule has 0 aromatic rings. The van der Waals surface area contributed by atoms with Crippen LogP contribution in [0.4, 0.5) is 0 Å². The van der Waals surface area contributed by atoms with E-state index in [-0.39, 0.29) is 5.97 Å². The van der Waals surface area contributed by atoms with Gasteiger partial charge in [0.15, 0.2) is 0 Å². The summed E-state index contributed by atoms with van der Waals surface area (Å²) in [5, 5.41) is 3.47. The lowest BCUT2D eigenvalue weighted by Gasteiger charge is -2.23. The summed E-state index contributed by atoms with van der Waals surface area (Å²) in [6.07, 6.45) is 11.8. The fourth-order valence-corrected chi connectivity index (χ4v) is 3.10. The van der Waals surface area contributed by atoms with Crippen LogP contribution < -0.4 is 5.32 Å². The summed E-state index contributed by atoms with van der Waals surface area (Å²) in [6.45, 7) is 1.78. The number of nitrogens with one attached hydrogen (secondary N) is 1. The lowest BCUT2D eigenvalue weighted by molar-refractivity contribution is -0.145. The van der Waals surface area contributed by atoms with Crippen molar-refractivity contribution in [3.05, 3.63) is 0 Å². The molecule has 0 radical (unpaired) electrons. The highest BCUT2D eigenvalue weighted by Gasteiger charge is 2.17. The highest BCUT2D eigenvalue weighted by atomic mass is 16.5. The standard InChI is InChI=1S/C15H27NO2/c17-15(10-9-14-8-4-5-11-16-14)18-12-13-6-2-1-3-7-13/h13-14,16H,1-12H2. The molecular weight excluding hydrogens is 226 g/mol. The molecule has 0 amide bonds. The van der Waals surface area contributed by atoms with Crippen molar-refractivity contribution >= 4 is 5.97 Å². The number of ether oxygens (including phenoxy) is 1. The van der Waals surface area contributed by atoms with Gasteiger partial charge in [0.05, 0.1) is 6.61 Å². The van der Waals surface area contributed by atoms with Gasteiger partial charge in [-0.15, -0.1) is 0 Å². The molecular formula is C15H27NO2. The van der Waals surface area contributed by atoms with Crippen molar-refractivity contribution in [2.75, 3.05) is 13.2 Å². The normalized spacial score (nSPS) is 25.9. The number of hydrogen-bond donors (Lipinski definition) is 1. The quantitative estimate of drug-likeness (QED) is 0.765. The highest BCUT2D eigenvalue weighted by Crippen LogP contribution is 2.23. The first-order valence-corrected chi connectivity index (χ1v) is 7.73. The molecule has 18 heavy (non-hydrogen) atoms. The molecule has 1 unspecified atom stereocenters. The maximum absolute atomic E-state index is 11.7. The van der Waals surface area contributed by atoms with Gasteiger partial charge in [-0.25, -0.2) is 0 Å². The zero-order valence-electron chi connectivity index (χ0n) is 11.5. The lowest BCUT2D eigenvalue weighted by atomic mass is 9.90. The first-order chi connectivity index (χ1) is 8.84. The van der Waals surface area contributed by atoms with E-state index in [1.54, 1.807) is 0 Å². The molecule has 2 fully saturated rings. The van der Waals surface area contributed by atoms with Crippen molar-refractivity contribution in [2.45, 2.75) is 70.3 Å². The number of carbonyl (C=O) groups excluding carboxylic acids is 1. The third-order valence-corrected chi connectivity index (χ3v) is 4.31. The van der Waals surface area contributed by atoms with Gasteiger partial charge < -0.3 is 10.1 Å². The molecule has 0 aromatic heterocycles. The van der Waals surface area contributed by atoms with Crippen LogP contribution in [-0.4, -0.2) is 25.2 Å². The Balaban J connectivity index is 1.54. The first-order valence-electron chi connectivity index (χ1n) is 7.73. The third-order valence-electron chi connectivity index (χ3n) is 4.31. The molecule has 3 heteroatoms. The van der Waals surface area contributed by atoms with Crippen LogP contribution in [0, 0.1) is 5.92 Å². The minimum absolute atomic E-state index is 0.00736. The first kappa shape index (κ1) is 13.9. The third kappa shape index (κ3) is 4.97. The van der Waals surface area contributed by atoms with Gasteiger partial charge in [-0.05, 0) is 44.6 Å². The zero-order valence-corrected chi connectivity index (χ0v) is 11.5. The summed E-state index contributed by atoms with van der Waals surface area (Å²) in [7, 11) is 0. The number of carbonyl (C=O) groups is 1. The molecule has 0 spiro atoms. The Kier molecular flexibility index (Phi) is 5.98. The Morgan fingerprint density at radius 1 is 1.06 bits per heavy atom. The maximum atomic E-state index is 11.7. The number of piperidine rings is 1. The molecule has 2 aliphatic rings. The predicted octanol–water partition coefficient (Wildman–Crippen LogP) is 3.03. The van der Waals surface area contributed by atoms with Crippen molar-refractivity contribution in [2.24, 2.45) is 5.92 Å². The summed E-state index contributed by atoms with van der Waals surface area (Å²) < 4.78 is 5.41. The van der Waals surface area contributed by atoms with Gasteiger partial charge in [-0.3, -0.25) is 4.79 Å². The van der Waals surface area contributed by atoms with Gasteiger partial charge in [0, 0.05) is 12.5 Å². The van der Waals surface area contributed by atoms with Crippen molar-refractivity contribution in [3.63, 3.8) is 0 Å². The van der Waals surface area contributed by atoms with Crippen LogP contribution in [0.25, 0.3) is 0 Å². The molecule has 0 aromatic carbocycles. The van der Waals surface area contributed by atoms with E-state index < -0.39 is 0 Å². The van der Waals surface area contributed by atoms with Crippen molar-refractivity contribution in [1.29, 1.82) is 0 Å². The predicted molar refractivity (Wildman–Crippen MR) is 72.4 cm³/mol. The van der Waals surface area contributed by atoms with Crippen molar-refractivity contribution in [1.82, 2.24) is 5.32 Å². The number of hydrogen-bond acceptors (Lipinski definition) is 3. The molecule has 1 heterocycles. The van der Waals surface area contributed by atoms with E-state index in [2.05, 4.69) is 5.32 Å². The molecule has 104 valence electrons. The summed E-state index contributed by atoms with van der Waals surface area (Å²) in [5.41, 5.74) is 0. The van der Waals surface area contributed by atoms with Crippen LogP contribution in [0.2, 0.25) is 0 Å². The fourth-order valence-electron chi connectivity index (χ4n) is 3.10. The Hall–Kier alpha value is -0.570. The Morgan fingerprint density at radius 2 is 1.83 bits per heavy atom. The molecule has 1 saturated heterocycles. The van der Waals surface area contributed by atoms with E-state index in [1.165, 1.54) is 51.4 Å². The molecule has 1 aliphatic heterocycles. The van der Waals surface area contributed by atoms with Gasteiger partial charge in [0.1, 0.15) is 0 Å². The van der Waals surface area contributed by atoms with E-state index in [4.69, 9.17) is 4.74 Å². The molecule has 1 N–H and O–H groups in total. The smallest absolute Gasteiger partial charge is 0.305 e. The SMILES string of the molecule is O=C(CCC1CCCCN1)OCC1CCCCC1. The summed E-state index contributed by atoms with van der Waals surface area (Å²) in [4.78, 5) is 11.7. The van der Waals surface area contributed by atoms with Crippen molar-refractivity contribution in [3.8, 4) is 0 Å². The van der Waals surface area contributed by atoms with Crippen LogP contribution >= 0.6 is 0 Å². The van der Waals surface area contributed by atoms with Gasteiger partial charge in [-0.2, -0.15) is 0 Å².